The zero-order valence-corrected chi connectivity index (χ0v) is 20.4. The third-order valence-corrected chi connectivity index (χ3v) is 6.45. The van der Waals surface area contributed by atoms with Gasteiger partial charge in [-0.25, -0.2) is 0 Å². The van der Waals surface area contributed by atoms with Gasteiger partial charge in [0.25, 0.3) is 0 Å². The minimum atomic E-state index is -0.534. The number of carbonyl (C=O) groups is 2. The highest BCUT2D eigenvalue weighted by molar-refractivity contribution is 7.80. The quantitative estimate of drug-likeness (QED) is 0.366. The van der Waals surface area contributed by atoms with E-state index in [9.17, 15) is 9.59 Å². The standard InChI is InChI=1S/C25H29ClN4O2S/c1-3-6-16(14-23(27)31)25(32)30(19-11-9-18(26)10-12-19)22(24(33)28-2)13-17-15-29-21-8-5-4-7-20(17)21/h4-5,7-12,15-16,22,29H,3,6,13-14H2,1-2H3,(H2,27,31)(H,28,33)/t16-,22+/m1/s1. The van der Waals surface area contributed by atoms with Crippen LogP contribution in [0.5, 0.6) is 0 Å². The maximum atomic E-state index is 13.9. The Kier molecular flexibility index (Phi) is 8.47. The van der Waals surface area contributed by atoms with Gasteiger partial charge in [-0.3, -0.25) is 9.59 Å². The van der Waals surface area contributed by atoms with Gasteiger partial charge in [0, 0.05) is 53.6 Å². The number of hydrogen-bond acceptors (Lipinski definition) is 3. The van der Waals surface area contributed by atoms with Gasteiger partial charge in [-0.15, -0.1) is 0 Å². The Bertz CT molecular complexity index is 1130. The van der Waals surface area contributed by atoms with Crippen molar-refractivity contribution in [3.63, 3.8) is 0 Å². The van der Waals surface area contributed by atoms with Gasteiger partial charge in [0.15, 0.2) is 0 Å². The first kappa shape index (κ1) is 24.7. The summed E-state index contributed by atoms with van der Waals surface area (Å²) in [5, 5.41) is 4.71. The van der Waals surface area contributed by atoms with Gasteiger partial charge in [0.05, 0.1) is 11.0 Å². The first-order chi connectivity index (χ1) is 15.8. The maximum absolute atomic E-state index is 13.9. The van der Waals surface area contributed by atoms with Crippen molar-refractivity contribution in [2.75, 3.05) is 11.9 Å². The van der Waals surface area contributed by atoms with E-state index in [2.05, 4.69) is 10.3 Å². The van der Waals surface area contributed by atoms with Crippen molar-refractivity contribution in [1.29, 1.82) is 0 Å². The van der Waals surface area contributed by atoms with Gasteiger partial charge in [0.2, 0.25) is 11.8 Å². The summed E-state index contributed by atoms with van der Waals surface area (Å²) in [7, 11) is 1.75. The maximum Gasteiger partial charge on any atom is 0.231 e. The van der Waals surface area contributed by atoms with Crippen LogP contribution in [0.1, 0.15) is 31.7 Å². The highest BCUT2D eigenvalue weighted by atomic mass is 35.5. The van der Waals surface area contributed by atoms with E-state index >= 15 is 0 Å². The topological polar surface area (TPSA) is 91.2 Å². The lowest BCUT2D eigenvalue weighted by Crippen LogP contribution is -2.52. The number of nitrogens with two attached hydrogens (primary N) is 1. The second-order valence-electron chi connectivity index (χ2n) is 8.03. The molecule has 3 rings (SSSR count). The molecule has 0 spiro atoms. The van der Waals surface area contributed by atoms with Crippen molar-refractivity contribution < 1.29 is 9.59 Å². The molecule has 2 aromatic carbocycles. The largest absolute Gasteiger partial charge is 0.381 e. The number of para-hydroxylation sites is 1. The van der Waals surface area contributed by atoms with Crippen LogP contribution in [0.25, 0.3) is 10.9 Å². The summed E-state index contributed by atoms with van der Waals surface area (Å²) >= 11 is 11.8. The van der Waals surface area contributed by atoms with Crippen LogP contribution in [-0.2, 0) is 16.0 Å². The predicted molar refractivity (Wildman–Crippen MR) is 139 cm³/mol. The number of rotatable bonds is 10. The predicted octanol–water partition coefficient (Wildman–Crippen LogP) is 4.60. The van der Waals surface area contributed by atoms with Crippen LogP contribution in [0.3, 0.4) is 0 Å². The molecule has 3 aromatic rings. The van der Waals surface area contributed by atoms with Gasteiger partial charge in [-0.05, 0) is 42.3 Å². The van der Waals surface area contributed by atoms with Crippen LogP contribution in [0, 0.1) is 5.92 Å². The van der Waals surface area contributed by atoms with E-state index < -0.39 is 17.9 Å². The second kappa shape index (κ2) is 11.3. The number of benzene rings is 2. The van der Waals surface area contributed by atoms with Crippen LogP contribution in [0.4, 0.5) is 5.69 Å². The number of anilines is 1. The molecule has 0 unspecified atom stereocenters. The Hall–Kier alpha value is -2.90. The van der Waals surface area contributed by atoms with E-state index in [1.54, 1.807) is 36.2 Å². The van der Waals surface area contributed by atoms with Crippen molar-refractivity contribution in [3.8, 4) is 0 Å². The minimum Gasteiger partial charge on any atom is -0.381 e. The Morgan fingerprint density at radius 2 is 1.88 bits per heavy atom. The van der Waals surface area contributed by atoms with E-state index in [0.29, 0.717) is 28.5 Å². The molecule has 0 saturated carbocycles. The van der Waals surface area contributed by atoms with E-state index in [-0.39, 0.29) is 12.3 Å². The van der Waals surface area contributed by atoms with Gasteiger partial charge in [-0.1, -0.05) is 55.4 Å². The number of nitrogens with one attached hydrogen (secondary N) is 2. The number of aromatic nitrogens is 1. The first-order valence-corrected chi connectivity index (χ1v) is 11.8. The molecule has 0 aliphatic heterocycles. The molecule has 33 heavy (non-hydrogen) atoms. The Balaban J connectivity index is 2.08. The average Bonchev–Trinajstić information content (AvgIpc) is 3.21. The molecule has 174 valence electrons. The molecule has 0 bridgehead atoms. The number of aromatic amines is 1. The number of thiocarbonyl (C=S) groups is 1. The number of H-pyrrole nitrogens is 1. The normalized spacial score (nSPS) is 12.8. The molecule has 1 aromatic heterocycles. The molecule has 0 fully saturated rings. The molecule has 6 nitrogen and oxygen atoms in total. The molecule has 8 heteroatoms. The van der Waals surface area contributed by atoms with E-state index in [1.807, 2.05) is 37.4 Å². The summed E-state index contributed by atoms with van der Waals surface area (Å²) in [6.45, 7) is 1.98. The van der Waals surface area contributed by atoms with E-state index in [1.165, 1.54) is 0 Å². The molecule has 4 N–H and O–H groups in total. The molecule has 2 atom stereocenters. The summed E-state index contributed by atoms with van der Waals surface area (Å²) in [4.78, 5) is 31.2. The molecule has 1 heterocycles. The monoisotopic (exact) mass is 484 g/mol. The van der Waals surface area contributed by atoms with Crippen molar-refractivity contribution in [3.05, 3.63) is 65.3 Å². The molecule has 0 saturated heterocycles. The minimum absolute atomic E-state index is 0.0110. The average molecular weight is 485 g/mol. The summed E-state index contributed by atoms with van der Waals surface area (Å²) < 4.78 is 0. The number of likely N-dealkylation sites (N-methyl/N-ethyl adjacent to an activating group) is 1. The lowest BCUT2D eigenvalue weighted by molar-refractivity contribution is -0.127. The third kappa shape index (κ3) is 5.92. The van der Waals surface area contributed by atoms with Crippen LogP contribution in [0.2, 0.25) is 5.02 Å². The van der Waals surface area contributed by atoms with E-state index in [4.69, 9.17) is 29.6 Å². The van der Waals surface area contributed by atoms with Gasteiger partial charge < -0.3 is 20.9 Å². The Morgan fingerprint density at radius 1 is 1.18 bits per heavy atom. The highest BCUT2D eigenvalue weighted by Crippen LogP contribution is 2.28. The summed E-state index contributed by atoms with van der Waals surface area (Å²) in [6, 6.07) is 14.6. The van der Waals surface area contributed by atoms with Crippen molar-refractivity contribution in [2.45, 2.75) is 38.6 Å². The fraction of sp³-hybridized carbons (Fsp3) is 0.320. The lowest BCUT2D eigenvalue weighted by atomic mass is 9.95. The Morgan fingerprint density at radius 3 is 2.52 bits per heavy atom. The number of amides is 2. The summed E-state index contributed by atoms with van der Waals surface area (Å²) in [6.07, 6.45) is 3.74. The van der Waals surface area contributed by atoms with Crippen LogP contribution in [0.15, 0.2) is 54.7 Å². The second-order valence-corrected chi connectivity index (χ2v) is 8.91. The van der Waals surface area contributed by atoms with Gasteiger partial charge >= 0.3 is 0 Å². The first-order valence-electron chi connectivity index (χ1n) is 11.0. The van der Waals surface area contributed by atoms with E-state index in [0.717, 1.165) is 22.9 Å². The molecule has 0 radical (unpaired) electrons. The smallest absolute Gasteiger partial charge is 0.231 e. The van der Waals surface area contributed by atoms with Crippen molar-refractivity contribution in [1.82, 2.24) is 10.3 Å². The van der Waals surface area contributed by atoms with Crippen LogP contribution < -0.4 is 16.0 Å². The molecule has 0 aliphatic rings. The SMILES string of the molecule is CCC[C@H](CC(N)=O)C(=O)N(c1ccc(Cl)cc1)[C@@H](Cc1c[nH]c2ccccc12)C(=S)NC. The summed E-state index contributed by atoms with van der Waals surface area (Å²) in [5.74, 6) is -1.21. The number of nitrogens with zero attached hydrogens (tertiary/aromatic N) is 1. The number of halogens is 1. The number of carbonyl (C=O) groups excluding carboxylic acids is 2. The van der Waals surface area contributed by atoms with Crippen molar-refractivity contribution >= 4 is 57.2 Å². The zero-order chi connectivity index (χ0) is 24.0. The third-order valence-electron chi connectivity index (χ3n) is 5.73. The number of hydrogen-bond donors (Lipinski definition) is 3. The molecule has 2 amide bonds. The number of primary amides is 1. The molecular formula is C25H29ClN4O2S. The fourth-order valence-electron chi connectivity index (χ4n) is 4.14. The fourth-order valence-corrected chi connectivity index (χ4v) is 4.45. The van der Waals surface area contributed by atoms with Gasteiger partial charge in [0.1, 0.15) is 0 Å². The molecular weight excluding hydrogens is 456 g/mol. The number of fused-ring (bicyclic) bond motifs is 1. The van der Waals surface area contributed by atoms with Gasteiger partial charge in [-0.2, -0.15) is 0 Å². The lowest BCUT2D eigenvalue weighted by Gasteiger charge is -2.35. The Labute approximate surface area is 204 Å². The molecule has 0 aliphatic carbocycles. The zero-order valence-electron chi connectivity index (χ0n) is 18.8. The van der Waals surface area contributed by atoms with Crippen LogP contribution in [-0.4, -0.2) is 34.9 Å². The van der Waals surface area contributed by atoms with Crippen LogP contribution >= 0.6 is 23.8 Å². The highest BCUT2D eigenvalue weighted by Gasteiger charge is 2.34. The summed E-state index contributed by atoms with van der Waals surface area (Å²) in [5.41, 5.74) is 8.21. The van der Waals surface area contributed by atoms with Crippen molar-refractivity contribution in [2.24, 2.45) is 11.7 Å².